The van der Waals surface area contributed by atoms with Gasteiger partial charge in [-0.3, -0.25) is 0 Å². The van der Waals surface area contributed by atoms with E-state index in [9.17, 15) is 4.57 Å². The van der Waals surface area contributed by atoms with Crippen molar-refractivity contribution < 1.29 is 13.1 Å². The van der Waals surface area contributed by atoms with Crippen LogP contribution in [0.2, 0.25) is 0 Å². The number of hydrogen-bond acceptors (Lipinski definition) is 4. The molecule has 0 fully saturated rings. The largest absolute Gasteiger partial charge is 0.763 e. The summed E-state index contributed by atoms with van der Waals surface area (Å²) in [4.78, 5) is 0.882. The maximum atomic E-state index is 11.5. The normalized spacial score (nSPS) is 10.9. The zero-order chi connectivity index (χ0) is 11.9. The van der Waals surface area contributed by atoms with E-state index in [2.05, 4.69) is 0 Å². The molecule has 2 rings (SSSR count). The lowest BCUT2D eigenvalue weighted by Crippen LogP contribution is -1.81. The molecule has 0 heterocycles. The molecule has 5 heteroatoms. The van der Waals surface area contributed by atoms with E-state index in [4.69, 9.17) is 8.49 Å². The lowest BCUT2D eigenvalue weighted by molar-refractivity contribution is 0.437. The Balaban J connectivity index is 1.83. The summed E-state index contributed by atoms with van der Waals surface area (Å²) in [5.41, 5.74) is 0. The van der Waals surface area contributed by atoms with E-state index in [-0.39, 0.29) is 0 Å². The second kappa shape index (κ2) is 6.40. The van der Waals surface area contributed by atoms with Crippen molar-refractivity contribution in [2.45, 2.75) is 4.90 Å². The fraction of sp³-hybridized carbons (Fsp3) is 0. The van der Waals surface area contributed by atoms with Gasteiger partial charge in [-0.25, -0.2) is 4.52 Å². The highest BCUT2D eigenvalue weighted by Gasteiger charge is 2.23. The maximum Gasteiger partial charge on any atom is 0.763 e. The van der Waals surface area contributed by atoms with Gasteiger partial charge in [0.05, 0.1) is 12.0 Å². The third-order valence-electron chi connectivity index (χ3n) is 1.86. The molecule has 0 amide bonds. The van der Waals surface area contributed by atoms with Crippen LogP contribution in [0.1, 0.15) is 0 Å². The highest BCUT2D eigenvalue weighted by Crippen LogP contribution is 2.35. The van der Waals surface area contributed by atoms with Crippen LogP contribution in [0.5, 0.6) is 5.75 Å². The predicted molar refractivity (Wildman–Crippen MR) is 68.1 cm³/mol. The molecule has 1 unspecified atom stereocenters. The number of rotatable bonds is 5. The second-order valence-electron chi connectivity index (χ2n) is 3.10. The second-order valence-corrected chi connectivity index (χ2v) is 4.96. The molecule has 17 heavy (non-hydrogen) atoms. The van der Waals surface area contributed by atoms with Crippen molar-refractivity contribution >= 4 is 20.3 Å². The van der Waals surface area contributed by atoms with Crippen LogP contribution in [0.3, 0.4) is 0 Å². The predicted octanol–water partition coefficient (Wildman–Crippen LogP) is 4.45. The minimum absolute atomic E-state index is 0.530. The van der Waals surface area contributed by atoms with Crippen LogP contribution in [-0.2, 0) is 8.54 Å². The number of para-hydroxylation sites is 1. The number of benzene rings is 2. The SMILES string of the molecule is O=[P+](OSc1ccccc1)Oc1ccccc1. The molecule has 0 N–H and O–H groups in total. The minimum Gasteiger partial charge on any atom is -0.229 e. The van der Waals surface area contributed by atoms with E-state index in [1.54, 1.807) is 12.1 Å². The zero-order valence-electron chi connectivity index (χ0n) is 8.85. The first-order valence-electron chi connectivity index (χ1n) is 4.94. The Kier molecular flexibility index (Phi) is 4.56. The summed E-state index contributed by atoms with van der Waals surface area (Å²) < 4.78 is 21.6. The van der Waals surface area contributed by atoms with E-state index in [1.165, 1.54) is 0 Å². The Morgan fingerprint density at radius 2 is 1.47 bits per heavy atom. The van der Waals surface area contributed by atoms with Gasteiger partial charge in [0.25, 0.3) is 0 Å². The fourth-order valence-corrected chi connectivity index (χ4v) is 2.40. The van der Waals surface area contributed by atoms with Crippen LogP contribution in [-0.4, -0.2) is 0 Å². The van der Waals surface area contributed by atoms with E-state index >= 15 is 0 Å². The fourth-order valence-electron chi connectivity index (χ4n) is 1.13. The van der Waals surface area contributed by atoms with Gasteiger partial charge in [0.2, 0.25) is 0 Å². The van der Waals surface area contributed by atoms with Crippen LogP contribution in [0.4, 0.5) is 0 Å². The highest BCUT2D eigenvalue weighted by atomic mass is 32.2. The monoisotopic (exact) mass is 265 g/mol. The van der Waals surface area contributed by atoms with E-state index < -0.39 is 8.25 Å². The summed E-state index contributed by atoms with van der Waals surface area (Å²) in [6.45, 7) is 0. The molecular formula is C12H10O3PS+. The third-order valence-corrected chi connectivity index (χ3v) is 3.47. The van der Waals surface area contributed by atoms with Crippen molar-refractivity contribution in [3.63, 3.8) is 0 Å². The lowest BCUT2D eigenvalue weighted by Gasteiger charge is -1.92. The van der Waals surface area contributed by atoms with E-state index in [0.29, 0.717) is 5.75 Å². The first kappa shape index (κ1) is 12.1. The minimum atomic E-state index is -2.17. The van der Waals surface area contributed by atoms with Crippen LogP contribution in [0.15, 0.2) is 65.6 Å². The number of hydrogen-bond donors (Lipinski definition) is 0. The van der Waals surface area contributed by atoms with Crippen molar-refractivity contribution in [1.82, 2.24) is 0 Å². The Labute approximate surface area is 105 Å². The topological polar surface area (TPSA) is 35.5 Å². The summed E-state index contributed by atoms with van der Waals surface area (Å²) in [5.74, 6) is 0.530. The molecule has 0 radical (unpaired) electrons. The summed E-state index contributed by atoms with van der Waals surface area (Å²) in [6, 6.07) is 18.4. The van der Waals surface area contributed by atoms with Gasteiger partial charge in [0.15, 0.2) is 5.75 Å². The summed E-state index contributed by atoms with van der Waals surface area (Å²) >= 11 is 1.04. The molecule has 3 nitrogen and oxygen atoms in total. The average molecular weight is 265 g/mol. The van der Waals surface area contributed by atoms with Gasteiger partial charge in [-0.2, -0.15) is 0 Å². The van der Waals surface area contributed by atoms with Crippen molar-refractivity contribution in [2.75, 3.05) is 0 Å². The molecule has 0 aromatic heterocycles. The first-order chi connectivity index (χ1) is 8.34. The molecule has 0 spiro atoms. The van der Waals surface area contributed by atoms with Crippen molar-refractivity contribution in [3.05, 3.63) is 60.7 Å². The summed E-state index contributed by atoms with van der Waals surface area (Å²) in [5, 5.41) is 0. The van der Waals surface area contributed by atoms with Crippen LogP contribution >= 0.6 is 20.3 Å². The standard InChI is InChI=1S/C12H10O3PS/c13-16(14-11-7-3-1-4-8-11)15-17-12-9-5-2-6-10-12/h1-10H/q+1. The van der Waals surface area contributed by atoms with E-state index in [0.717, 1.165) is 16.9 Å². The van der Waals surface area contributed by atoms with Gasteiger partial charge < -0.3 is 0 Å². The Morgan fingerprint density at radius 1 is 0.882 bits per heavy atom. The lowest BCUT2D eigenvalue weighted by atomic mass is 10.3. The Bertz CT molecular complexity index is 476. The van der Waals surface area contributed by atoms with Gasteiger partial charge in [-0.1, -0.05) is 36.4 Å². The van der Waals surface area contributed by atoms with Crippen molar-refractivity contribution in [3.8, 4) is 5.75 Å². The molecule has 0 saturated carbocycles. The van der Waals surface area contributed by atoms with E-state index in [1.807, 2.05) is 48.5 Å². The van der Waals surface area contributed by atoms with Gasteiger partial charge in [-0.15, -0.1) is 0 Å². The Hall–Kier alpha value is -1.35. The Morgan fingerprint density at radius 3 is 2.12 bits per heavy atom. The molecule has 0 saturated heterocycles. The van der Waals surface area contributed by atoms with Crippen LogP contribution in [0.25, 0.3) is 0 Å². The molecule has 86 valence electrons. The molecule has 0 aliphatic heterocycles. The summed E-state index contributed by atoms with van der Waals surface area (Å²) in [6.07, 6.45) is 0. The smallest absolute Gasteiger partial charge is 0.229 e. The molecule has 0 bridgehead atoms. The zero-order valence-corrected chi connectivity index (χ0v) is 10.6. The molecule has 2 aromatic carbocycles. The maximum absolute atomic E-state index is 11.5. The first-order valence-corrected chi connectivity index (χ1v) is 6.78. The van der Waals surface area contributed by atoms with Crippen LogP contribution < -0.4 is 4.52 Å². The molecular weight excluding hydrogens is 255 g/mol. The van der Waals surface area contributed by atoms with Gasteiger partial charge in [-0.05, 0) is 28.2 Å². The van der Waals surface area contributed by atoms with Gasteiger partial charge in [0.1, 0.15) is 0 Å². The third kappa shape index (κ3) is 4.19. The molecule has 1 atom stereocenters. The van der Waals surface area contributed by atoms with Crippen molar-refractivity contribution in [1.29, 1.82) is 0 Å². The van der Waals surface area contributed by atoms with Crippen LogP contribution in [0, 0.1) is 0 Å². The van der Waals surface area contributed by atoms with Crippen molar-refractivity contribution in [2.24, 2.45) is 0 Å². The highest BCUT2D eigenvalue weighted by molar-refractivity contribution is 7.97. The average Bonchev–Trinajstić information content (AvgIpc) is 2.39. The summed E-state index contributed by atoms with van der Waals surface area (Å²) in [7, 11) is -2.17. The molecule has 2 aromatic rings. The van der Waals surface area contributed by atoms with Gasteiger partial charge >= 0.3 is 8.25 Å². The molecule has 0 aliphatic rings. The quantitative estimate of drug-likeness (QED) is 0.591. The van der Waals surface area contributed by atoms with Gasteiger partial charge in [0, 0.05) is 9.46 Å². The molecule has 0 aliphatic carbocycles.